The van der Waals surface area contributed by atoms with E-state index in [4.69, 9.17) is 4.74 Å². The van der Waals surface area contributed by atoms with Crippen LogP contribution in [0.15, 0.2) is 188 Å². The topological polar surface area (TPSA) is 20.6 Å². The Morgan fingerprint density at radius 2 is 1.02 bits per heavy atom. The first-order valence-corrected chi connectivity index (χ1v) is 19.5. The SMILES string of the molecule is c1ccc2c(c1)Oc1ccccc1C21c2ccccc2N2C3=C4B(c5ccccc53)c3ccccc3N4c3cc(-n4c5ccccc5c5ccccc54)cc1c32. The van der Waals surface area contributed by atoms with Crippen LogP contribution in [-0.4, -0.2) is 11.3 Å². The maximum atomic E-state index is 6.82. The molecule has 0 fully saturated rings. The Kier molecular flexibility index (Phi) is 5.25. The zero-order chi connectivity index (χ0) is 36.3. The van der Waals surface area contributed by atoms with Crippen molar-refractivity contribution in [1.82, 2.24) is 4.57 Å². The summed E-state index contributed by atoms with van der Waals surface area (Å²) in [6, 6.07) is 67.3. The highest BCUT2D eigenvalue weighted by atomic mass is 16.5. The lowest BCUT2D eigenvalue weighted by atomic mass is 9.41. The lowest BCUT2D eigenvalue weighted by molar-refractivity contribution is 0.434. The molecule has 0 saturated carbocycles. The van der Waals surface area contributed by atoms with Gasteiger partial charge in [0.15, 0.2) is 0 Å². The first-order chi connectivity index (χ1) is 27.8. The molecule has 8 aromatic carbocycles. The van der Waals surface area contributed by atoms with Crippen LogP contribution >= 0.6 is 0 Å². The molecule has 0 saturated heterocycles. The van der Waals surface area contributed by atoms with E-state index in [1.807, 2.05) is 0 Å². The number of para-hydroxylation sites is 6. The molecule has 5 heteroatoms. The van der Waals surface area contributed by atoms with Gasteiger partial charge in [-0.25, -0.2) is 0 Å². The molecule has 14 rings (SSSR count). The van der Waals surface area contributed by atoms with E-state index in [9.17, 15) is 0 Å². The van der Waals surface area contributed by atoms with Gasteiger partial charge in [-0.2, -0.15) is 0 Å². The second-order valence-corrected chi connectivity index (χ2v) is 15.6. The van der Waals surface area contributed by atoms with Crippen molar-refractivity contribution in [2.24, 2.45) is 0 Å². The maximum Gasteiger partial charge on any atom is 0.268 e. The van der Waals surface area contributed by atoms with E-state index in [-0.39, 0.29) is 6.71 Å². The highest BCUT2D eigenvalue weighted by Crippen LogP contribution is 2.67. The van der Waals surface area contributed by atoms with Gasteiger partial charge < -0.3 is 19.1 Å². The van der Waals surface area contributed by atoms with Crippen LogP contribution in [0.25, 0.3) is 33.2 Å². The summed E-state index contributed by atoms with van der Waals surface area (Å²) in [5.74, 6) is 1.78. The molecule has 5 aliphatic heterocycles. The highest BCUT2D eigenvalue weighted by molar-refractivity contribution is 6.97. The van der Waals surface area contributed by atoms with Crippen molar-refractivity contribution in [3.63, 3.8) is 0 Å². The summed E-state index contributed by atoms with van der Waals surface area (Å²) in [5, 5.41) is 2.50. The lowest BCUT2D eigenvalue weighted by Gasteiger charge is -2.52. The summed E-state index contributed by atoms with van der Waals surface area (Å²) >= 11 is 0. The summed E-state index contributed by atoms with van der Waals surface area (Å²) in [4.78, 5) is 5.24. The third-order valence-corrected chi connectivity index (χ3v) is 13.1. The number of hydrogen-bond acceptors (Lipinski definition) is 3. The van der Waals surface area contributed by atoms with Gasteiger partial charge >= 0.3 is 0 Å². The number of benzene rings is 8. The first-order valence-electron chi connectivity index (χ1n) is 19.5. The van der Waals surface area contributed by atoms with E-state index in [0.29, 0.717) is 0 Å². The fourth-order valence-electron chi connectivity index (χ4n) is 11.2. The van der Waals surface area contributed by atoms with E-state index in [2.05, 4.69) is 196 Å². The highest BCUT2D eigenvalue weighted by Gasteiger charge is 2.57. The summed E-state index contributed by atoms with van der Waals surface area (Å²) in [6.45, 7) is 0.137. The van der Waals surface area contributed by atoms with Crippen LogP contribution in [-0.2, 0) is 5.41 Å². The number of aromatic nitrogens is 1. The van der Waals surface area contributed by atoms with Gasteiger partial charge in [0.25, 0.3) is 6.71 Å². The van der Waals surface area contributed by atoms with Gasteiger partial charge in [0.1, 0.15) is 11.5 Å². The number of fused-ring (bicyclic) bond motifs is 19. The van der Waals surface area contributed by atoms with Crippen molar-refractivity contribution < 1.29 is 4.74 Å². The number of nitrogens with zero attached hydrogens (tertiary/aromatic N) is 3. The third-order valence-electron chi connectivity index (χ3n) is 13.1. The van der Waals surface area contributed by atoms with Gasteiger partial charge in [-0.05, 0) is 65.1 Å². The molecule has 0 amide bonds. The van der Waals surface area contributed by atoms with Crippen LogP contribution in [0.4, 0.5) is 22.7 Å². The summed E-state index contributed by atoms with van der Waals surface area (Å²) in [6.07, 6.45) is 0. The summed E-state index contributed by atoms with van der Waals surface area (Å²) < 4.78 is 9.31. The van der Waals surface area contributed by atoms with Crippen molar-refractivity contribution >= 4 is 67.9 Å². The molecule has 1 aromatic heterocycles. The number of ether oxygens (including phenoxy) is 1. The molecule has 0 N–H and O–H groups in total. The van der Waals surface area contributed by atoms with Crippen molar-refractivity contribution in [2.45, 2.75) is 5.41 Å². The maximum absolute atomic E-state index is 6.82. The van der Waals surface area contributed by atoms with E-state index < -0.39 is 5.41 Å². The largest absolute Gasteiger partial charge is 0.457 e. The summed E-state index contributed by atoms with van der Waals surface area (Å²) in [5.41, 5.74) is 19.1. The van der Waals surface area contributed by atoms with Crippen molar-refractivity contribution in [1.29, 1.82) is 0 Å². The second kappa shape index (κ2) is 10.1. The predicted molar refractivity (Wildman–Crippen MR) is 228 cm³/mol. The Morgan fingerprint density at radius 3 is 1.75 bits per heavy atom. The van der Waals surface area contributed by atoms with Gasteiger partial charge in [0.05, 0.1) is 39.2 Å². The van der Waals surface area contributed by atoms with Crippen LogP contribution < -0.4 is 25.5 Å². The van der Waals surface area contributed by atoms with Crippen LogP contribution in [0.2, 0.25) is 0 Å². The van der Waals surface area contributed by atoms with Gasteiger partial charge in [0.2, 0.25) is 0 Å². The Labute approximate surface area is 323 Å². The first kappa shape index (κ1) is 29.2. The van der Waals surface area contributed by atoms with E-state index in [1.54, 1.807) is 0 Å². The molecule has 4 nitrogen and oxygen atoms in total. The number of hydrogen-bond donors (Lipinski definition) is 0. The van der Waals surface area contributed by atoms with E-state index in [1.165, 1.54) is 83.5 Å². The predicted octanol–water partition coefficient (Wildman–Crippen LogP) is 10.7. The molecule has 6 heterocycles. The Hall–Kier alpha value is -7.24. The van der Waals surface area contributed by atoms with Gasteiger partial charge in [-0.3, -0.25) is 0 Å². The van der Waals surface area contributed by atoms with Crippen LogP contribution in [0.5, 0.6) is 11.5 Å². The van der Waals surface area contributed by atoms with E-state index >= 15 is 0 Å². The Bertz CT molecular complexity index is 3190. The van der Waals surface area contributed by atoms with Crippen molar-refractivity contribution in [3.8, 4) is 17.2 Å². The smallest absolute Gasteiger partial charge is 0.268 e. The fourth-order valence-corrected chi connectivity index (χ4v) is 11.2. The Balaban J connectivity index is 1.22. The number of rotatable bonds is 1. The Morgan fingerprint density at radius 1 is 0.446 bits per heavy atom. The average Bonchev–Trinajstić information content (AvgIpc) is 3.90. The minimum absolute atomic E-state index is 0.137. The monoisotopic (exact) mass is 711 g/mol. The molecule has 5 aliphatic rings. The second-order valence-electron chi connectivity index (χ2n) is 15.6. The third kappa shape index (κ3) is 3.24. The molecular weight excluding hydrogens is 681 g/mol. The van der Waals surface area contributed by atoms with Gasteiger partial charge in [0, 0.05) is 44.4 Å². The quantitative estimate of drug-likeness (QED) is 0.158. The molecule has 1 spiro atoms. The fraction of sp³-hybridized carbons (Fsp3) is 0.0196. The zero-order valence-corrected chi connectivity index (χ0v) is 30.1. The van der Waals surface area contributed by atoms with Crippen LogP contribution in [0.3, 0.4) is 0 Å². The van der Waals surface area contributed by atoms with Crippen molar-refractivity contribution in [3.05, 3.63) is 215 Å². The molecule has 56 heavy (non-hydrogen) atoms. The van der Waals surface area contributed by atoms with Gasteiger partial charge in [-0.15, -0.1) is 0 Å². The normalized spacial score (nSPS) is 15.6. The minimum Gasteiger partial charge on any atom is -0.457 e. The molecule has 0 bridgehead atoms. The molecule has 0 aliphatic carbocycles. The zero-order valence-electron chi connectivity index (χ0n) is 30.1. The van der Waals surface area contributed by atoms with Crippen LogP contribution in [0.1, 0.15) is 27.8 Å². The standard InChI is InChI=1S/C51H30BN3O/c1-7-21-39-34(17-1)48-50-52(39)40-22-8-12-26-44(40)54(50)45-30-31(53-41-23-9-2-15-32(41)33-16-3-10-24-42(33)53)29-38-49(45)55(48)43-25-11-4-18-35(43)51(38)36-19-5-13-27-46(36)56-47-28-14-6-20-37(47)51/h1-30H. The number of anilines is 4. The van der Waals surface area contributed by atoms with Crippen molar-refractivity contribution in [2.75, 3.05) is 9.80 Å². The molecular formula is C51H30BN3O. The molecule has 258 valence electrons. The van der Waals surface area contributed by atoms with E-state index in [0.717, 1.165) is 28.3 Å². The lowest BCUT2D eigenvalue weighted by Crippen LogP contribution is -2.43. The average molecular weight is 712 g/mol. The molecule has 0 unspecified atom stereocenters. The summed E-state index contributed by atoms with van der Waals surface area (Å²) in [7, 11) is 0. The molecule has 0 radical (unpaired) electrons. The van der Waals surface area contributed by atoms with Crippen LogP contribution in [0, 0.1) is 0 Å². The molecule has 9 aromatic rings. The molecule has 0 atom stereocenters. The van der Waals surface area contributed by atoms with Gasteiger partial charge in [-0.1, -0.05) is 139 Å². The minimum atomic E-state index is -0.688.